The predicted molar refractivity (Wildman–Crippen MR) is 80.0 cm³/mol. The van der Waals surface area contributed by atoms with Gasteiger partial charge in [-0.2, -0.15) is 0 Å². The van der Waals surface area contributed by atoms with Crippen LogP contribution in [0, 0.1) is 0 Å². The summed E-state index contributed by atoms with van der Waals surface area (Å²) in [5.74, 6) is -0.0858. The van der Waals surface area contributed by atoms with E-state index in [9.17, 15) is 9.59 Å². The van der Waals surface area contributed by atoms with E-state index in [1.54, 1.807) is 19.2 Å². The van der Waals surface area contributed by atoms with E-state index in [-0.39, 0.29) is 24.3 Å². The first-order valence-corrected chi connectivity index (χ1v) is 7.47. The first kappa shape index (κ1) is 15.1. The highest BCUT2D eigenvalue weighted by atomic mass is 16.5. The second-order valence-corrected chi connectivity index (χ2v) is 5.10. The second kappa shape index (κ2) is 6.55. The van der Waals surface area contributed by atoms with Gasteiger partial charge in [-0.05, 0) is 19.1 Å². The molecule has 0 bridgehead atoms. The maximum absolute atomic E-state index is 12.3. The minimum atomic E-state index is -0.740. The Bertz CT molecular complexity index is 646. The molecule has 0 saturated heterocycles. The van der Waals surface area contributed by atoms with E-state index >= 15 is 0 Å². The number of carbonyl (C=O) groups excluding carboxylic acids is 2. The molecule has 2 aliphatic heterocycles. The summed E-state index contributed by atoms with van der Waals surface area (Å²) in [5.41, 5.74) is 0.993. The molecule has 0 fully saturated rings. The van der Waals surface area contributed by atoms with Crippen LogP contribution in [0.25, 0.3) is 0 Å². The van der Waals surface area contributed by atoms with Gasteiger partial charge in [0.2, 0.25) is 0 Å². The predicted octanol–water partition coefficient (Wildman–Crippen LogP) is -0.0552. The van der Waals surface area contributed by atoms with E-state index in [2.05, 4.69) is 20.9 Å². The lowest BCUT2D eigenvalue weighted by atomic mass is 10.1. The highest BCUT2D eigenvalue weighted by Crippen LogP contribution is 2.29. The molecule has 0 spiro atoms. The molecule has 3 heterocycles. The summed E-state index contributed by atoms with van der Waals surface area (Å²) >= 11 is 0. The van der Waals surface area contributed by atoms with Gasteiger partial charge in [-0.25, -0.2) is 4.79 Å². The molecule has 0 radical (unpaired) electrons. The quantitative estimate of drug-likeness (QED) is 0.669. The Balaban J connectivity index is 1.62. The highest BCUT2D eigenvalue weighted by molar-refractivity contribution is 5.94. The summed E-state index contributed by atoms with van der Waals surface area (Å²) in [6.45, 7) is 2.52. The van der Waals surface area contributed by atoms with Crippen LogP contribution in [0.3, 0.4) is 0 Å². The minimum absolute atomic E-state index is 0.225. The van der Waals surface area contributed by atoms with Crippen molar-refractivity contribution in [2.45, 2.75) is 25.6 Å². The van der Waals surface area contributed by atoms with Gasteiger partial charge >= 0.3 is 5.97 Å². The van der Waals surface area contributed by atoms with E-state index < -0.39 is 12.1 Å². The zero-order valence-electron chi connectivity index (χ0n) is 12.7. The number of esters is 1. The number of pyridine rings is 1. The van der Waals surface area contributed by atoms with Crippen LogP contribution >= 0.6 is 0 Å². The van der Waals surface area contributed by atoms with Gasteiger partial charge < -0.3 is 25.4 Å². The first-order chi connectivity index (χ1) is 11.2. The van der Waals surface area contributed by atoms with Crippen LogP contribution in [0.5, 0.6) is 5.75 Å². The molecule has 23 heavy (non-hydrogen) atoms. The summed E-state index contributed by atoms with van der Waals surface area (Å²) in [5, 5.41) is 8.48. The van der Waals surface area contributed by atoms with Crippen LogP contribution in [0.1, 0.15) is 25.1 Å². The van der Waals surface area contributed by atoms with E-state index in [4.69, 9.17) is 9.47 Å². The molecule has 1 aromatic heterocycles. The molecule has 3 rings (SSSR count). The number of carbonyl (C=O) groups is 2. The largest absolute Gasteiger partial charge is 0.491 e. The van der Waals surface area contributed by atoms with Crippen LogP contribution in [0.4, 0.5) is 0 Å². The standard InChI is InChI=1S/C15H18N4O4/c1-2-22-15(21)13-17-8-10(18-13)14(20)19-9-5-7-23-11-4-3-6-16-12(9)11/h3-4,6,8-9,13,17-18H,2,5,7H2,1H3,(H,19,20). The van der Waals surface area contributed by atoms with Gasteiger partial charge in [-0.3, -0.25) is 9.78 Å². The Morgan fingerprint density at radius 3 is 3.22 bits per heavy atom. The van der Waals surface area contributed by atoms with Gasteiger partial charge in [0, 0.05) is 18.8 Å². The number of ether oxygens (including phenoxy) is 2. The van der Waals surface area contributed by atoms with Crippen molar-refractivity contribution in [2.75, 3.05) is 13.2 Å². The summed E-state index contributed by atoms with van der Waals surface area (Å²) in [6, 6.07) is 3.39. The average Bonchev–Trinajstić information content (AvgIpc) is 3.06. The fourth-order valence-electron chi connectivity index (χ4n) is 2.48. The number of aromatic nitrogens is 1. The molecule has 2 aliphatic rings. The number of hydrogen-bond acceptors (Lipinski definition) is 7. The SMILES string of the molecule is CCOC(=O)C1NC=C(C(=O)NC2CCOc3cccnc32)N1. The molecule has 0 saturated carbocycles. The number of rotatable bonds is 4. The lowest BCUT2D eigenvalue weighted by molar-refractivity contribution is -0.145. The van der Waals surface area contributed by atoms with Crippen LogP contribution in [0.15, 0.2) is 30.2 Å². The van der Waals surface area contributed by atoms with Gasteiger partial charge in [0.15, 0.2) is 6.17 Å². The lowest BCUT2D eigenvalue weighted by Crippen LogP contribution is -2.44. The molecule has 8 heteroatoms. The molecule has 2 unspecified atom stereocenters. The van der Waals surface area contributed by atoms with Gasteiger partial charge in [0.05, 0.1) is 19.3 Å². The van der Waals surface area contributed by atoms with Crippen molar-refractivity contribution in [2.24, 2.45) is 0 Å². The molecule has 1 aromatic rings. The summed E-state index contributed by atoms with van der Waals surface area (Å²) in [4.78, 5) is 28.3. The molecule has 0 aromatic carbocycles. The maximum atomic E-state index is 12.3. The molecule has 2 atom stereocenters. The van der Waals surface area contributed by atoms with E-state index in [1.807, 2.05) is 6.07 Å². The number of nitrogens with zero attached hydrogens (tertiary/aromatic N) is 1. The van der Waals surface area contributed by atoms with Gasteiger partial charge in [0.1, 0.15) is 17.1 Å². The molecule has 1 amide bonds. The van der Waals surface area contributed by atoms with Crippen molar-refractivity contribution < 1.29 is 19.1 Å². The smallest absolute Gasteiger partial charge is 0.349 e. The molecule has 0 aliphatic carbocycles. The van der Waals surface area contributed by atoms with E-state index in [0.717, 1.165) is 0 Å². The molecular weight excluding hydrogens is 300 g/mol. The minimum Gasteiger partial charge on any atom is -0.491 e. The third kappa shape index (κ3) is 3.20. The number of amides is 1. The van der Waals surface area contributed by atoms with Crippen LogP contribution in [-0.2, 0) is 14.3 Å². The molecular formula is C15H18N4O4. The van der Waals surface area contributed by atoms with Gasteiger partial charge in [0.25, 0.3) is 5.91 Å². The highest BCUT2D eigenvalue weighted by Gasteiger charge is 2.30. The van der Waals surface area contributed by atoms with Crippen LogP contribution in [-0.4, -0.2) is 36.2 Å². The zero-order valence-corrected chi connectivity index (χ0v) is 12.7. The zero-order chi connectivity index (χ0) is 16.2. The third-order valence-electron chi connectivity index (χ3n) is 3.56. The molecule has 8 nitrogen and oxygen atoms in total. The monoisotopic (exact) mass is 318 g/mol. The summed E-state index contributed by atoms with van der Waals surface area (Å²) < 4.78 is 10.4. The van der Waals surface area contributed by atoms with Crippen LogP contribution < -0.4 is 20.7 Å². The van der Waals surface area contributed by atoms with Crippen LogP contribution in [0.2, 0.25) is 0 Å². The Morgan fingerprint density at radius 1 is 1.52 bits per heavy atom. The Hall–Kier alpha value is -2.77. The van der Waals surface area contributed by atoms with Gasteiger partial charge in [-0.1, -0.05) is 0 Å². The first-order valence-electron chi connectivity index (χ1n) is 7.47. The Morgan fingerprint density at radius 2 is 2.39 bits per heavy atom. The number of fused-ring (bicyclic) bond motifs is 1. The maximum Gasteiger partial charge on any atom is 0.349 e. The lowest BCUT2D eigenvalue weighted by Gasteiger charge is -2.25. The molecule has 3 N–H and O–H groups in total. The second-order valence-electron chi connectivity index (χ2n) is 5.10. The van der Waals surface area contributed by atoms with Crippen molar-refractivity contribution in [1.29, 1.82) is 0 Å². The van der Waals surface area contributed by atoms with Crippen molar-refractivity contribution in [3.05, 3.63) is 35.9 Å². The van der Waals surface area contributed by atoms with Crippen molar-refractivity contribution in [3.8, 4) is 5.75 Å². The summed E-state index contributed by atoms with van der Waals surface area (Å²) in [6.07, 6.45) is 3.03. The number of nitrogens with one attached hydrogen (secondary N) is 3. The van der Waals surface area contributed by atoms with E-state index in [1.165, 1.54) is 6.20 Å². The fourth-order valence-corrected chi connectivity index (χ4v) is 2.48. The normalized spacial score (nSPS) is 21.9. The Kier molecular flexibility index (Phi) is 4.31. The van der Waals surface area contributed by atoms with Crippen molar-refractivity contribution in [3.63, 3.8) is 0 Å². The molecule has 122 valence electrons. The third-order valence-corrected chi connectivity index (χ3v) is 3.56. The average molecular weight is 318 g/mol. The van der Waals surface area contributed by atoms with E-state index in [0.29, 0.717) is 24.5 Å². The Labute approximate surface area is 133 Å². The van der Waals surface area contributed by atoms with Crippen molar-refractivity contribution in [1.82, 2.24) is 20.9 Å². The fraction of sp³-hybridized carbons (Fsp3) is 0.400. The number of hydrogen-bond donors (Lipinski definition) is 3. The van der Waals surface area contributed by atoms with Crippen molar-refractivity contribution >= 4 is 11.9 Å². The summed E-state index contributed by atoms with van der Waals surface area (Å²) in [7, 11) is 0. The topological polar surface area (TPSA) is 102 Å². The van der Waals surface area contributed by atoms with Gasteiger partial charge in [-0.15, -0.1) is 0 Å².